The Labute approximate surface area is 79.8 Å². The van der Waals surface area contributed by atoms with Crippen LogP contribution in [0.1, 0.15) is 38.5 Å². The average Bonchev–Trinajstić information content (AvgIpc) is 2.70. The van der Waals surface area contributed by atoms with E-state index in [4.69, 9.17) is 0 Å². The lowest BCUT2D eigenvalue weighted by molar-refractivity contribution is 0.0859. The average molecular weight is 178 g/mol. The summed E-state index contributed by atoms with van der Waals surface area (Å²) in [5.41, 5.74) is 1.68. The summed E-state index contributed by atoms with van der Waals surface area (Å²) in [7, 11) is 0. The number of allylic oxidation sites excluding steroid dienone is 2. The van der Waals surface area contributed by atoms with Gasteiger partial charge in [-0.3, -0.25) is 0 Å². The van der Waals surface area contributed by atoms with Crippen molar-refractivity contribution >= 4 is 0 Å². The Hall–Kier alpha value is -0.300. The molecule has 0 aromatic carbocycles. The van der Waals surface area contributed by atoms with E-state index in [1.165, 1.54) is 32.1 Å². The van der Waals surface area contributed by atoms with Crippen LogP contribution in [0.4, 0.5) is 0 Å². The second kappa shape index (κ2) is 2.84. The van der Waals surface area contributed by atoms with Gasteiger partial charge in [-0.05, 0) is 56.3 Å². The molecule has 72 valence electrons. The van der Waals surface area contributed by atoms with E-state index in [1.54, 1.807) is 5.57 Å². The minimum absolute atomic E-state index is 0.0248. The SMILES string of the molecule is OC1CCC2CC=C3CCCC3C12. The van der Waals surface area contributed by atoms with Crippen LogP contribution in [0.25, 0.3) is 0 Å². The molecule has 3 aliphatic rings. The summed E-state index contributed by atoms with van der Waals surface area (Å²) >= 11 is 0. The highest BCUT2D eigenvalue weighted by Gasteiger charge is 2.44. The third kappa shape index (κ3) is 1.10. The van der Waals surface area contributed by atoms with Gasteiger partial charge in [-0.25, -0.2) is 0 Å². The Bertz CT molecular complexity index is 244. The van der Waals surface area contributed by atoms with Crippen LogP contribution in [-0.2, 0) is 0 Å². The Morgan fingerprint density at radius 1 is 1.23 bits per heavy atom. The topological polar surface area (TPSA) is 20.2 Å². The van der Waals surface area contributed by atoms with Crippen molar-refractivity contribution < 1.29 is 5.11 Å². The number of hydrogen-bond donors (Lipinski definition) is 1. The van der Waals surface area contributed by atoms with Gasteiger partial charge in [-0.1, -0.05) is 11.6 Å². The molecule has 2 saturated carbocycles. The fraction of sp³-hybridized carbons (Fsp3) is 0.833. The van der Waals surface area contributed by atoms with Gasteiger partial charge in [0.15, 0.2) is 0 Å². The van der Waals surface area contributed by atoms with Crippen molar-refractivity contribution in [3.8, 4) is 0 Å². The zero-order valence-corrected chi connectivity index (χ0v) is 8.08. The number of fused-ring (bicyclic) bond motifs is 3. The molecule has 0 saturated heterocycles. The third-order valence-electron chi connectivity index (χ3n) is 4.43. The van der Waals surface area contributed by atoms with E-state index in [-0.39, 0.29) is 6.10 Å². The van der Waals surface area contributed by atoms with Crippen LogP contribution in [0.15, 0.2) is 11.6 Å². The van der Waals surface area contributed by atoms with Crippen LogP contribution in [0.2, 0.25) is 0 Å². The molecule has 0 radical (unpaired) electrons. The molecular formula is C12H18O. The van der Waals surface area contributed by atoms with E-state index in [1.807, 2.05) is 0 Å². The molecule has 4 unspecified atom stereocenters. The Morgan fingerprint density at radius 2 is 2.15 bits per heavy atom. The maximum Gasteiger partial charge on any atom is 0.0577 e. The zero-order valence-electron chi connectivity index (χ0n) is 8.08. The van der Waals surface area contributed by atoms with Gasteiger partial charge in [0, 0.05) is 0 Å². The molecule has 0 heterocycles. The largest absolute Gasteiger partial charge is 0.393 e. The molecule has 0 aromatic rings. The Kier molecular flexibility index (Phi) is 1.76. The van der Waals surface area contributed by atoms with E-state index < -0.39 is 0 Å². The first kappa shape index (κ1) is 8.05. The van der Waals surface area contributed by atoms with E-state index in [2.05, 4.69) is 6.08 Å². The van der Waals surface area contributed by atoms with E-state index >= 15 is 0 Å². The Balaban J connectivity index is 1.91. The summed E-state index contributed by atoms with van der Waals surface area (Å²) in [5, 5.41) is 9.94. The molecule has 0 aromatic heterocycles. The number of aliphatic hydroxyl groups excluding tert-OH is 1. The van der Waals surface area contributed by atoms with Crippen molar-refractivity contribution in [2.45, 2.75) is 44.6 Å². The van der Waals surface area contributed by atoms with E-state index in [0.717, 1.165) is 18.3 Å². The maximum absolute atomic E-state index is 9.94. The number of rotatable bonds is 0. The second-order valence-corrected chi connectivity index (χ2v) is 5.00. The second-order valence-electron chi connectivity index (χ2n) is 5.00. The highest BCUT2D eigenvalue weighted by molar-refractivity contribution is 5.19. The molecular weight excluding hydrogens is 160 g/mol. The summed E-state index contributed by atoms with van der Waals surface area (Å²) in [6, 6.07) is 0. The maximum atomic E-state index is 9.94. The molecule has 1 nitrogen and oxygen atoms in total. The molecule has 3 rings (SSSR count). The Morgan fingerprint density at radius 3 is 3.08 bits per heavy atom. The molecule has 1 N–H and O–H groups in total. The lowest BCUT2D eigenvalue weighted by Crippen LogP contribution is -2.29. The molecule has 4 atom stereocenters. The first-order chi connectivity index (χ1) is 6.36. The molecule has 0 amide bonds. The lowest BCUT2D eigenvalue weighted by atomic mass is 9.74. The standard InChI is InChI=1S/C12H18O/c13-11-7-6-9-5-4-8-2-1-3-10(8)12(9)11/h4,9-13H,1-3,5-7H2. The van der Waals surface area contributed by atoms with Crippen LogP contribution < -0.4 is 0 Å². The number of hydrogen-bond acceptors (Lipinski definition) is 1. The normalized spacial score (nSPS) is 48.5. The summed E-state index contributed by atoms with van der Waals surface area (Å²) in [6.07, 6.45) is 10.1. The van der Waals surface area contributed by atoms with Crippen molar-refractivity contribution in [1.82, 2.24) is 0 Å². The van der Waals surface area contributed by atoms with Gasteiger partial charge in [0.2, 0.25) is 0 Å². The monoisotopic (exact) mass is 178 g/mol. The number of aliphatic hydroxyl groups is 1. The predicted octanol–water partition coefficient (Wildman–Crippen LogP) is 2.50. The van der Waals surface area contributed by atoms with Crippen LogP contribution in [0, 0.1) is 17.8 Å². The van der Waals surface area contributed by atoms with Crippen molar-refractivity contribution in [2.75, 3.05) is 0 Å². The molecule has 13 heavy (non-hydrogen) atoms. The van der Waals surface area contributed by atoms with Crippen molar-refractivity contribution in [1.29, 1.82) is 0 Å². The summed E-state index contributed by atoms with van der Waals surface area (Å²) < 4.78 is 0. The van der Waals surface area contributed by atoms with Crippen molar-refractivity contribution in [3.63, 3.8) is 0 Å². The van der Waals surface area contributed by atoms with Gasteiger partial charge in [-0.2, -0.15) is 0 Å². The quantitative estimate of drug-likeness (QED) is 0.565. The molecule has 3 aliphatic carbocycles. The van der Waals surface area contributed by atoms with Crippen LogP contribution in [-0.4, -0.2) is 11.2 Å². The fourth-order valence-electron chi connectivity index (χ4n) is 3.85. The minimum Gasteiger partial charge on any atom is -0.393 e. The van der Waals surface area contributed by atoms with Crippen LogP contribution in [0.3, 0.4) is 0 Å². The summed E-state index contributed by atoms with van der Waals surface area (Å²) in [5.74, 6) is 2.24. The smallest absolute Gasteiger partial charge is 0.0577 e. The van der Waals surface area contributed by atoms with Gasteiger partial charge in [0.25, 0.3) is 0 Å². The highest BCUT2D eigenvalue weighted by atomic mass is 16.3. The van der Waals surface area contributed by atoms with Gasteiger partial charge in [-0.15, -0.1) is 0 Å². The minimum atomic E-state index is 0.0248. The van der Waals surface area contributed by atoms with E-state index in [0.29, 0.717) is 5.92 Å². The molecule has 0 spiro atoms. The summed E-state index contributed by atoms with van der Waals surface area (Å²) in [4.78, 5) is 0. The van der Waals surface area contributed by atoms with Crippen molar-refractivity contribution in [2.24, 2.45) is 17.8 Å². The fourth-order valence-corrected chi connectivity index (χ4v) is 3.85. The van der Waals surface area contributed by atoms with Crippen LogP contribution >= 0.6 is 0 Å². The highest BCUT2D eigenvalue weighted by Crippen LogP contribution is 2.50. The van der Waals surface area contributed by atoms with Crippen molar-refractivity contribution in [3.05, 3.63) is 11.6 Å². The zero-order chi connectivity index (χ0) is 8.84. The molecule has 1 heteroatoms. The third-order valence-corrected chi connectivity index (χ3v) is 4.43. The summed E-state index contributed by atoms with van der Waals surface area (Å²) in [6.45, 7) is 0. The van der Waals surface area contributed by atoms with Gasteiger partial charge in [0.1, 0.15) is 0 Å². The van der Waals surface area contributed by atoms with Gasteiger partial charge < -0.3 is 5.11 Å². The lowest BCUT2D eigenvalue weighted by Gasteiger charge is -2.32. The predicted molar refractivity (Wildman–Crippen MR) is 52.3 cm³/mol. The molecule has 2 fully saturated rings. The first-order valence-electron chi connectivity index (χ1n) is 5.73. The first-order valence-corrected chi connectivity index (χ1v) is 5.73. The van der Waals surface area contributed by atoms with Gasteiger partial charge >= 0.3 is 0 Å². The van der Waals surface area contributed by atoms with Crippen LogP contribution in [0.5, 0.6) is 0 Å². The molecule has 0 bridgehead atoms. The van der Waals surface area contributed by atoms with E-state index in [9.17, 15) is 5.11 Å². The van der Waals surface area contributed by atoms with Gasteiger partial charge in [0.05, 0.1) is 6.10 Å². The molecule has 0 aliphatic heterocycles.